The summed E-state index contributed by atoms with van der Waals surface area (Å²) in [5.74, 6) is 0.583. The van der Waals surface area contributed by atoms with Gasteiger partial charge in [-0.2, -0.15) is 0 Å². The van der Waals surface area contributed by atoms with Crippen molar-refractivity contribution in [1.29, 1.82) is 0 Å². The lowest BCUT2D eigenvalue weighted by molar-refractivity contribution is -0.137. The Hall–Kier alpha value is -0.650. The van der Waals surface area contributed by atoms with Gasteiger partial charge in [-0.3, -0.25) is 4.79 Å². The topological polar surface area (TPSA) is 64.8 Å². The third kappa shape index (κ3) is 2.93. The number of methoxy groups -OCH3 is 2. The van der Waals surface area contributed by atoms with Gasteiger partial charge in [-0.05, 0) is 18.8 Å². The predicted molar refractivity (Wildman–Crippen MR) is 72.7 cm³/mol. The van der Waals surface area contributed by atoms with Crippen LogP contribution < -0.4 is 5.73 Å². The van der Waals surface area contributed by atoms with Crippen molar-refractivity contribution in [2.45, 2.75) is 44.4 Å². The second kappa shape index (κ2) is 6.20. The normalized spacial score (nSPS) is 39.6. The monoisotopic (exact) mass is 270 g/mol. The van der Waals surface area contributed by atoms with E-state index in [1.807, 2.05) is 4.90 Å². The first-order chi connectivity index (χ1) is 9.08. The van der Waals surface area contributed by atoms with E-state index in [-0.39, 0.29) is 30.1 Å². The molecule has 110 valence electrons. The third-order valence-corrected chi connectivity index (χ3v) is 4.75. The minimum atomic E-state index is -0.0307. The van der Waals surface area contributed by atoms with Crippen LogP contribution in [0.4, 0.5) is 0 Å². The second-order valence-electron chi connectivity index (χ2n) is 5.88. The minimum Gasteiger partial charge on any atom is -0.377 e. The van der Waals surface area contributed by atoms with Gasteiger partial charge in [0.2, 0.25) is 5.91 Å². The molecule has 1 amide bonds. The van der Waals surface area contributed by atoms with Crippen molar-refractivity contribution in [1.82, 2.24) is 4.90 Å². The van der Waals surface area contributed by atoms with Gasteiger partial charge in [0, 0.05) is 33.4 Å². The zero-order valence-electron chi connectivity index (χ0n) is 12.2. The van der Waals surface area contributed by atoms with Gasteiger partial charge in [0.15, 0.2) is 0 Å². The Morgan fingerprint density at radius 2 is 1.74 bits per heavy atom. The molecular formula is C14H26N2O3. The summed E-state index contributed by atoms with van der Waals surface area (Å²) >= 11 is 0. The maximum atomic E-state index is 12.6. The van der Waals surface area contributed by atoms with Gasteiger partial charge < -0.3 is 20.1 Å². The quantitative estimate of drug-likeness (QED) is 0.816. The summed E-state index contributed by atoms with van der Waals surface area (Å²) in [5.41, 5.74) is 6.22. The predicted octanol–water partition coefficient (Wildman–Crippen LogP) is 0.622. The fourth-order valence-corrected chi connectivity index (χ4v) is 3.34. The van der Waals surface area contributed by atoms with Gasteiger partial charge in [-0.1, -0.05) is 13.3 Å². The maximum Gasteiger partial charge on any atom is 0.227 e. The van der Waals surface area contributed by atoms with E-state index in [9.17, 15) is 4.79 Å². The van der Waals surface area contributed by atoms with E-state index in [2.05, 4.69) is 6.92 Å². The molecule has 5 atom stereocenters. The minimum absolute atomic E-state index is 0.0103. The molecule has 5 heteroatoms. The highest BCUT2D eigenvalue weighted by Gasteiger charge is 2.41. The molecule has 0 radical (unpaired) electrons. The standard InChI is InChI=1S/C14H26N2O3/c1-9-5-4-6-10(13(9)15)14(17)16-7-11(18-2)12(8-16)19-3/h9-13H,4-8,15H2,1-3H3. The van der Waals surface area contributed by atoms with E-state index in [4.69, 9.17) is 15.2 Å². The Morgan fingerprint density at radius 1 is 1.16 bits per heavy atom. The largest absolute Gasteiger partial charge is 0.377 e. The number of carbonyl (C=O) groups excluding carboxylic acids is 1. The number of rotatable bonds is 3. The average molecular weight is 270 g/mol. The zero-order valence-corrected chi connectivity index (χ0v) is 12.2. The first-order valence-corrected chi connectivity index (χ1v) is 7.18. The number of nitrogens with zero attached hydrogens (tertiary/aromatic N) is 1. The van der Waals surface area contributed by atoms with Crippen LogP contribution in [0.15, 0.2) is 0 Å². The smallest absolute Gasteiger partial charge is 0.227 e. The molecule has 1 saturated heterocycles. The van der Waals surface area contributed by atoms with Crippen LogP contribution in [0.25, 0.3) is 0 Å². The lowest BCUT2D eigenvalue weighted by Gasteiger charge is -2.35. The summed E-state index contributed by atoms with van der Waals surface area (Å²) in [7, 11) is 3.33. The molecule has 2 aliphatic rings. The Balaban J connectivity index is 2.00. The molecule has 0 spiro atoms. The molecular weight excluding hydrogens is 244 g/mol. The van der Waals surface area contributed by atoms with Crippen LogP contribution in [-0.2, 0) is 14.3 Å². The zero-order chi connectivity index (χ0) is 14.0. The number of likely N-dealkylation sites (tertiary alicyclic amines) is 1. The van der Waals surface area contributed by atoms with Gasteiger partial charge in [0.1, 0.15) is 12.2 Å². The van der Waals surface area contributed by atoms with E-state index in [1.54, 1.807) is 14.2 Å². The van der Waals surface area contributed by atoms with Crippen LogP contribution in [0.1, 0.15) is 26.2 Å². The number of nitrogens with two attached hydrogens (primary N) is 1. The molecule has 5 unspecified atom stereocenters. The molecule has 5 nitrogen and oxygen atoms in total. The second-order valence-corrected chi connectivity index (χ2v) is 5.88. The first kappa shape index (κ1) is 14.8. The molecule has 19 heavy (non-hydrogen) atoms. The Labute approximate surface area is 115 Å². The molecule has 2 rings (SSSR count). The highest BCUT2D eigenvalue weighted by Crippen LogP contribution is 2.30. The molecule has 0 aromatic heterocycles. The molecule has 0 aromatic rings. The van der Waals surface area contributed by atoms with Crippen LogP contribution in [-0.4, -0.2) is 56.4 Å². The lowest BCUT2D eigenvalue weighted by atomic mass is 9.77. The number of amides is 1. The number of hydrogen-bond donors (Lipinski definition) is 1. The van der Waals surface area contributed by atoms with Crippen molar-refractivity contribution in [2.75, 3.05) is 27.3 Å². The SMILES string of the molecule is COC1CN(C(=O)C2CCCC(C)C2N)CC1OC. The summed E-state index contributed by atoms with van der Waals surface area (Å²) in [6, 6.07) is -0.0103. The van der Waals surface area contributed by atoms with Gasteiger partial charge in [0.05, 0.1) is 5.92 Å². The maximum absolute atomic E-state index is 12.6. The van der Waals surface area contributed by atoms with Crippen molar-refractivity contribution in [3.63, 3.8) is 0 Å². The molecule has 1 aliphatic heterocycles. The Morgan fingerprint density at radius 3 is 2.26 bits per heavy atom. The van der Waals surface area contributed by atoms with Crippen molar-refractivity contribution >= 4 is 5.91 Å². The van der Waals surface area contributed by atoms with E-state index in [0.29, 0.717) is 19.0 Å². The van der Waals surface area contributed by atoms with Crippen LogP contribution in [0.5, 0.6) is 0 Å². The fraction of sp³-hybridized carbons (Fsp3) is 0.929. The summed E-state index contributed by atoms with van der Waals surface area (Å²) in [4.78, 5) is 14.5. The van der Waals surface area contributed by atoms with E-state index >= 15 is 0 Å². The Bertz CT molecular complexity index is 312. The van der Waals surface area contributed by atoms with Crippen LogP contribution in [0.3, 0.4) is 0 Å². The number of carbonyl (C=O) groups is 1. The van der Waals surface area contributed by atoms with Gasteiger partial charge in [-0.25, -0.2) is 0 Å². The molecule has 1 heterocycles. The van der Waals surface area contributed by atoms with Crippen LogP contribution in [0.2, 0.25) is 0 Å². The molecule has 1 aliphatic carbocycles. The van der Waals surface area contributed by atoms with E-state index < -0.39 is 0 Å². The highest BCUT2D eigenvalue weighted by atomic mass is 16.5. The van der Waals surface area contributed by atoms with Crippen LogP contribution >= 0.6 is 0 Å². The molecule has 0 aromatic carbocycles. The van der Waals surface area contributed by atoms with Crippen molar-refractivity contribution < 1.29 is 14.3 Å². The number of ether oxygens (including phenoxy) is 2. The highest BCUT2D eigenvalue weighted by molar-refractivity contribution is 5.80. The van der Waals surface area contributed by atoms with Crippen molar-refractivity contribution in [3.8, 4) is 0 Å². The van der Waals surface area contributed by atoms with Crippen molar-refractivity contribution in [3.05, 3.63) is 0 Å². The molecule has 1 saturated carbocycles. The van der Waals surface area contributed by atoms with E-state index in [1.165, 1.54) is 0 Å². The molecule has 2 N–H and O–H groups in total. The molecule has 0 bridgehead atoms. The van der Waals surface area contributed by atoms with E-state index in [0.717, 1.165) is 19.3 Å². The van der Waals surface area contributed by atoms with Gasteiger partial charge in [-0.15, -0.1) is 0 Å². The lowest BCUT2D eigenvalue weighted by Crippen LogP contribution is -2.48. The third-order valence-electron chi connectivity index (χ3n) is 4.75. The summed E-state index contributed by atoms with van der Waals surface area (Å²) < 4.78 is 10.8. The number of hydrogen-bond acceptors (Lipinski definition) is 4. The van der Waals surface area contributed by atoms with Crippen LogP contribution in [0, 0.1) is 11.8 Å². The van der Waals surface area contributed by atoms with Gasteiger partial charge >= 0.3 is 0 Å². The summed E-state index contributed by atoms with van der Waals surface area (Å²) in [6.07, 6.45) is 3.10. The van der Waals surface area contributed by atoms with Crippen molar-refractivity contribution in [2.24, 2.45) is 17.6 Å². The summed E-state index contributed by atoms with van der Waals surface area (Å²) in [5, 5.41) is 0. The fourth-order valence-electron chi connectivity index (χ4n) is 3.34. The Kier molecular flexibility index (Phi) is 4.81. The first-order valence-electron chi connectivity index (χ1n) is 7.18. The summed E-state index contributed by atoms with van der Waals surface area (Å²) in [6.45, 7) is 3.38. The van der Waals surface area contributed by atoms with Gasteiger partial charge in [0.25, 0.3) is 0 Å². The average Bonchev–Trinajstić information content (AvgIpc) is 2.84. The molecule has 2 fully saturated rings.